The number of para-hydroxylation sites is 2. The highest BCUT2D eigenvalue weighted by Gasteiger charge is 2.25. The van der Waals surface area contributed by atoms with Crippen LogP contribution in [0.1, 0.15) is 42.1 Å². The molecule has 1 fully saturated rings. The molecule has 8 heteroatoms. The summed E-state index contributed by atoms with van der Waals surface area (Å²) in [6, 6.07) is 17.4. The molecular weight excluding hydrogens is 428 g/mol. The maximum atomic E-state index is 13.3. The van der Waals surface area contributed by atoms with Crippen LogP contribution in [0.4, 0.5) is 5.95 Å². The molecular formula is C26H24N6O2. The summed E-state index contributed by atoms with van der Waals surface area (Å²) in [6.45, 7) is 0. The van der Waals surface area contributed by atoms with Gasteiger partial charge in [-0.2, -0.15) is 0 Å². The normalized spacial score (nSPS) is 18.4. The molecule has 0 unspecified atom stereocenters. The Balaban J connectivity index is 1.34. The van der Waals surface area contributed by atoms with Crippen LogP contribution in [0.2, 0.25) is 0 Å². The van der Waals surface area contributed by atoms with Crippen molar-refractivity contribution >= 4 is 33.9 Å². The summed E-state index contributed by atoms with van der Waals surface area (Å²) in [7, 11) is 0. The minimum atomic E-state index is -0.251. The number of amides is 1. The van der Waals surface area contributed by atoms with Crippen molar-refractivity contribution in [2.45, 2.75) is 37.8 Å². The standard InChI is InChI=1S/C26H24N6O2/c33-20-9-7-19(8-10-20)32-22-6-2-1-5-21(22)29-26(32)30-25(34)18-11-14-27-23(16-18)31-15-12-17-4-3-13-28-24(17)31/h1-6,11-16,19-20,33H,7-10H2,(H,29,30,34). The summed E-state index contributed by atoms with van der Waals surface area (Å²) in [5, 5.41) is 14.0. The topological polar surface area (TPSA) is 97.9 Å². The van der Waals surface area contributed by atoms with Gasteiger partial charge in [0.1, 0.15) is 11.5 Å². The van der Waals surface area contributed by atoms with Gasteiger partial charge in [-0.05, 0) is 68.1 Å². The Morgan fingerprint density at radius 1 is 0.971 bits per heavy atom. The number of nitrogens with zero attached hydrogens (tertiary/aromatic N) is 5. The minimum Gasteiger partial charge on any atom is -0.393 e. The number of benzene rings is 1. The van der Waals surface area contributed by atoms with Gasteiger partial charge in [-0.3, -0.25) is 14.7 Å². The molecule has 0 radical (unpaired) electrons. The van der Waals surface area contributed by atoms with Crippen molar-refractivity contribution in [2.75, 3.05) is 5.32 Å². The monoisotopic (exact) mass is 452 g/mol. The predicted octanol–water partition coefficient (Wildman–Crippen LogP) is 4.50. The third kappa shape index (κ3) is 3.62. The van der Waals surface area contributed by atoms with Gasteiger partial charge in [0, 0.05) is 35.6 Å². The van der Waals surface area contributed by atoms with Gasteiger partial charge in [-0.15, -0.1) is 0 Å². The molecule has 4 aromatic heterocycles. The third-order valence-electron chi connectivity index (χ3n) is 6.56. The molecule has 5 aromatic rings. The maximum Gasteiger partial charge on any atom is 0.258 e. The van der Waals surface area contributed by atoms with Gasteiger partial charge in [-0.25, -0.2) is 15.0 Å². The predicted molar refractivity (Wildman–Crippen MR) is 130 cm³/mol. The maximum absolute atomic E-state index is 13.3. The number of aliphatic hydroxyl groups excluding tert-OH is 1. The molecule has 1 saturated carbocycles. The molecule has 170 valence electrons. The van der Waals surface area contributed by atoms with Crippen LogP contribution in [0.25, 0.3) is 27.9 Å². The van der Waals surface area contributed by atoms with Crippen LogP contribution >= 0.6 is 0 Å². The molecule has 1 aliphatic carbocycles. The molecule has 1 aromatic carbocycles. The number of hydrogen-bond donors (Lipinski definition) is 2. The second-order valence-electron chi connectivity index (χ2n) is 8.72. The van der Waals surface area contributed by atoms with Gasteiger partial charge in [0.2, 0.25) is 5.95 Å². The van der Waals surface area contributed by atoms with Gasteiger partial charge in [0.05, 0.1) is 17.1 Å². The number of rotatable bonds is 4. The average Bonchev–Trinajstić information content (AvgIpc) is 3.46. The lowest BCUT2D eigenvalue weighted by molar-refractivity contribution is 0.102. The number of aliphatic hydroxyl groups is 1. The second kappa shape index (κ2) is 8.39. The van der Waals surface area contributed by atoms with E-state index in [1.54, 1.807) is 24.5 Å². The van der Waals surface area contributed by atoms with Crippen molar-refractivity contribution in [3.63, 3.8) is 0 Å². The molecule has 0 aliphatic heterocycles. The van der Waals surface area contributed by atoms with Crippen LogP contribution in [0, 0.1) is 0 Å². The van der Waals surface area contributed by atoms with Gasteiger partial charge >= 0.3 is 0 Å². The SMILES string of the molecule is O=C(Nc1nc2ccccc2n1C1CCC(O)CC1)c1ccnc(-n2ccc3cccnc32)c1. The van der Waals surface area contributed by atoms with E-state index in [2.05, 4.69) is 19.9 Å². The Kier molecular flexibility index (Phi) is 5.07. The number of pyridine rings is 2. The quantitative estimate of drug-likeness (QED) is 0.418. The number of anilines is 1. The van der Waals surface area contributed by atoms with Crippen molar-refractivity contribution in [3.05, 3.63) is 78.8 Å². The number of fused-ring (bicyclic) bond motifs is 2. The van der Waals surface area contributed by atoms with Crippen molar-refractivity contribution in [2.24, 2.45) is 0 Å². The van der Waals surface area contributed by atoms with Crippen LogP contribution in [-0.2, 0) is 0 Å². The molecule has 0 bridgehead atoms. The molecule has 1 amide bonds. The van der Waals surface area contributed by atoms with E-state index in [-0.39, 0.29) is 18.1 Å². The Morgan fingerprint density at radius 2 is 1.82 bits per heavy atom. The number of imidazole rings is 1. The summed E-state index contributed by atoms with van der Waals surface area (Å²) in [4.78, 5) is 26.9. The Hall–Kier alpha value is -4.04. The number of nitrogens with one attached hydrogen (secondary N) is 1. The largest absolute Gasteiger partial charge is 0.393 e. The highest BCUT2D eigenvalue weighted by atomic mass is 16.3. The molecule has 0 spiro atoms. The summed E-state index contributed by atoms with van der Waals surface area (Å²) in [5.41, 5.74) is 3.10. The zero-order chi connectivity index (χ0) is 23.1. The lowest BCUT2D eigenvalue weighted by atomic mass is 9.93. The zero-order valence-corrected chi connectivity index (χ0v) is 18.5. The molecule has 0 saturated heterocycles. The van der Waals surface area contributed by atoms with E-state index in [1.807, 2.05) is 53.2 Å². The van der Waals surface area contributed by atoms with Crippen molar-refractivity contribution in [1.82, 2.24) is 24.1 Å². The lowest BCUT2D eigenvalue weighted by Crippen LogP contribution is -2.24. The van der Waals surface area contributed by atoms with Crippen molar-refractivity contribution < 1.29 is 9.90 Å². The zero-order valence-electron chi connectivity index (χ0n) is 18.5. The van der Waals surface area contributed by atoms with E-state index >= 15 is 0 Å². The summed E-state index contributed by atoms with van der Waals surface area (Å²) in [6.07, 6.45) is 8.20. The highest BCUT2D eigenvalue weighted by Crippen LogP contribution is 2.34. The molecule has 34 heavy (non-hydrogen) atoms. The number of hydrogen-bond acceptors (Lipinski definition) is 5. The minimum absolute atomic E-state index is 0.177. The summed E-state index contributed by atoms with van der Waals surface area (Å²) in [5.74, 6) is 0.899. The highest BCUT2D eigenvalue weighted by molar-refractivity contribution is 6.04. The first kappa shape index (κ1) is 20.6. The smallest absolute Gasteiger partial charge is 0.258 e. The van der Waals surface area contributed by atoms with E-state index < -0.39 is 0 Å². The van der Waals surface area contributed by atoms with Crippen LogP contribution < -0.4 is 5.32 Å². The number of carbonyl (C=O) groups is 1. The molecule has 8 nitrogen and oxygen atoms in total. The van der Waals surface area contributed by atoms with E-state index in [0.717, 1.165) is 47.8 Å². The first-order chi connectivity index (χ1) is 16.7. The molecule has 4 heterocycles. The fourth-order valence-electron chi connectivity index (χ4n) is 4.83. The van der Waals surface area contributed by atoms with Gasteiger partial charge in [0.15, 0.2) is 0 Å². The van der Waals surface area contributed by atoms with Gasteiger partial charge in [-0.1, -0.05) is 12.1 Å². The molecule has 6 rings (SSSR count). The van der Waals surface area contributed by atoms with Crippen LogP contribution in [0.3, 0.4) is 0 Å². The Bertz CT molecular complexity index is 1500. The van der Waals surface area contributed by atoms with E-state index in [9.17, 15) is 9.90 Å². The van der Waals surface area contributed by atoms with Gasteiger partial charge < -0.3 is 9.67 Å². The summed E-state index contributed by atoms with van der Waals surface area (Å²) < 4.78 is 3.99. The fourth-order valence-corrected chi connectivity index (χ4v) is 4.83. The van der Waals surface area contributed by atoms with Crippen LogP contribution in [0.5, 0.6) is 0 Å². The average molecular weight is 453 g/mol. The first-order valence-corrected chi connectivity index (χ1v) is 11.5. The number of carbonyl (C=O) groups excluding carboxylic acids is 1. The molecule has 1 aliphatic rings. The van der Waals surface area contributed by atoms with E-state index in [4.69, 9.17) is 4.98 Å². The lowest BCUT2D eigenvalue weighted by Gasteiger charge is -2.28. The Labute approximate surface area is 195 Å². The van der Waals surface area contributed by atoms with Crippen LogP contribution in [-0.4, -0.2) is 41.2 Å². The third-order valence-corrected chi connectivity index (χ3v) is 6.56. The second-order valence-corrected chi connectivity index (χ2v) is 8.72. The van der Waals surface area contributed by atoms with E-state index in [1.165, 1.54) is 0 Å². The van der Waals surface area contributed by atoms with Crippen molar-refractivity contribution in [3.8, 4) is 5.82 Å². The van der Waals surface area contributed by atoms with Crippen molar-refractivity contribution in [1.29, 1.82) is 0 Å². The molecule has 0 atom stereocenters. The number of aromatic nitrogens is 5. The van der Waals surface area contributed by atoms with Gasteiger partial charge in [0.25, 0.3) is 5.91 Å². The fraction of sp³-hybridized carbons (Fsp3) is 0.231. The van der Waals surface area contributed by atoms with E-state index in [0.29, 0.717) is 17.3 Å². The van der Waals surface area contributed by atoms with Crippen LogP contribution in [0.15, 0.2) is 73.2 Å². The summed E-state index contributed by atoms with van der Waals surface area (Å²) >= 11 is 0. The Morgan fingerprint density at radius 3 is 2.71 bits per heavy atom. The first-order valence-electron chi connectivity index (χ1n) is 11.5. The molecule has 2 N–H and O–H groups in total.